The second-order valence-corrected chi connectivity index (χ2v) is 3.36. The lowest BCUT2D eigenvalue weighted by Gasteiger charge is -2.04. The molecule has 12 heavy (non-hydrogen) atoms. The van der Waals surface area contributed by atoms with Gasteiger partial charge in [-0.15, -0.1) is 0 Å². The fraction of sp³-hybridized carbons (Fsp3) is 0.889. The zero-order valence-corrected chi connectivity index (χ0v) is 7.73. The molecular weight excluding hydrogens is 152 g/mol. The molecule has 1 aliphatic carbocycles. The van der Waals surface area contributed by atoms with E-state index >= 15 is 0 Å². The molecule has 0 unspecified atom stereocenters. The first kappa shape index (κ1) is 9.52. The molecule has 0 spiro atoms. The van der Waals surface area contributed by atoms with Crippen molar-refractivity contribution in [2.45, 2.75) is 38.6 Å². The molecule has 3 heteroatoms. The molecule has 70 valence electrons. The lowest BCUT2D eigenvalue weighted by molar-refractivity contribution is -0.120. The van der Waals surface area contributed by atoms with Crippen molar-refractivity contribution in [3.05, 3.63) is 0 Å². The van der Waals surface area contributed by atoms with Gasteiger partial charge >= 0.3 is 0 Å². The van der Waals surface area contributed by atoms with Gasteiger partial charge in [-0.3, -0.25) is 4.79 Å². The van der Waals surface area contributed by atoms with Gasteiger partial charge in [-0.05, 0) is 19.3 Å². The first-order valence-electron chi connectivity index (χ1n) is 4.83. The van der Waals surface area contributed by atoms with Crippen LogP contribution in [0.4, 0.5) is 0 Å². The molecule has 1 saturated carbocycles. The van der Waals surface area contributed by atoms with Crippen molar-refractivity contribution in [2.24, 2.45) is 0 Å². The Morgan fingerprint density at radius 1 is 1.50 bits per heavy atom. The Morgan fingerprint density at radius 2 is 2.25 bits per heavy atom. The molecule has 0 aromatic rings. The lowest BCUT2D eigenvalue weighted by Crippen LogP contribution is -2.35. The monoisotopic (exact) mass is 170 g/mol. The Kier molecular flexibility index (Phi) is 4.08. The predicted octanol–water partition coefficient (Wildman–Crippen LogP) is 0.655. The Bertz CT molecular complexity index is 143. The highest BCUT2D eigenvalue weighted by molar-refractivity contribution is 5.77. The van der Waals surface area contributed by atoms with Gasteiger partial charge in [0.05, 0.1) is 6.54 Å². The molecule has 2 N–H and O–H groups in total. The molecule has 0 aliphatic heterocycles. The summed E-state index contributed by atoms with van der Waals surface area (Å²) in [6, 6.07) is 0.627. The van der Waals surface area contributed by atoms with Crippen LogP contribution in [0, 0.1) is 0 Å². The number of hydrogen-bond acceptors (Lipinski definition) is 2. The van der Waals surface area contributed by atoms with Crippen LogP contribution in [-0.4, -0.2) is 25.0 Å². The lowest BCUT2D eigenvalue weighted by atomic mass is 10.3. The minimum Gasteiger partial charge on any atom is -0.355 e. The maximum Gasteiger partial charge on any atom is 0.233 e. The quantitative estimate of drug-likeness (QED) is 0.575. The van der Waals surface area contributed by atoms with Crippen molar-refractivity contribution in [1.29, 1.82) is 0 Å². The highest BCUT2D eigenvalue weighted by atomic mass is 16.1. The average Bonchev–Trinajstić information content (AvgIpc) is 2.84. The summed E-state index contributed by atoms with van der Waals surface area (Å²) >= 11 is 0. The molecular formula is C9H18N2O. The van der Waals surface area contributed by atoms with Crippen LogP contribution in [0.15, 0.2) is 0 Å². The van der Waals surface area contributed by atoms with Crippen LogP contribution in [-0.2, 0) is 4.79 Å². The van der Waals surface area contributed by atoms with Gasteiger partial charge in [0, 0.05) is 12.6 Å². The molecule has 0 radical (unpaired) electrons. The summed E-state index contributed by atoms with van der Waals surface area (Å²) in [6.07, 6.45) is 4.69. The molecule has 0 heterocycles. The number of unbranched alkanes of at least 4 members (excludes halogenated alkanes) is 1. The van der Waals surface area contributed by atoms with Crippen LogP contribution in [0.25, 0.3) is 0 Å². The van der Waals surface area contributed by atoms with Gasteiger partial charge in [-0.25, -0.2) is 0 Å². The van der Waals surface area contributed by atoms with Gasteiger partial charge in [0.2, 0.25) is 5.91 Å². The maximum absolute atomic E-state index is 11.1. The van der Waals surface area contributed by atoms with Crippen LogP contribution in [0.3, 0.4) is 0 Å². The first-order valence-corrected chi connectivity index (χ1v) is 4.83. The van der Waals surface area contributed by atoms with Gasteiger partial charge in [-0.1, -0.05) is 13.3 Å². The smallest absolute Gasteiger partial charge is 0.233 e. The summed E-state index contributed by atoms with van der Waals surface area (Å²) in [5.74, 6) is 0.135. The third-order valence-corrected chi connectivity index (χ3v) is 1.98. The largest absolute Gasteiger partial charge is 0.355 e. The van der Waals surface area contributed by atoms with Gasteiger partial charge in [-0.2, -0.15) is 0 Å². The van der Waals surface area contributed by atoms with Gasteiger partial charge in [0.25, 0.3) is 0 Å². The van der Waals surface area contributed by atoms with E-state index in [1.165, 1.54) is 12.8 Å². The van der Waals surface area contributed by atoms with Crippen LogP contribution in [0.2, 0.25) is 0 Å². The summed E-state index contributed by atoms with van der Waals surface area (Å²) in [4.78, 5) is 11.1. The van der Waals surface area contributed by atoms with E-state index in [0.29, 0.717) is 12.6 Å². The third kappa shape index (κ3) is 4.34. The summed E-state index contributed by atoms with van der Waals surface area (Å²) in [7, 11) is 0. The Morgan fingerprint density at radius 3 is 2.83 bits per heavy atom. The van der Waals surface area contributed by atoms with Crippen molar-refractivity contribution in [2.75, 3.05) is 13.1 Å². The second-order valence-electron chi connectivity index (χ2n) is 3.36. The highest BCUT2D eigenvalue weighted by Gasteiger charge is 2.20. The Balaban J connectivity index is 1.88. The van der Waals surface area contributed by atoms with E-state index < -0.39 is 0 Å². The summed E-state index contributed by atoms with van der Waals surface area (Å²) < 4.78 is 0. The van der Waals surface area contributed by atoms with Crippen molar-refractivity contribution >= 4 is 5.91 Å². The van der Waals surface area contributed by atoms with Crippen molar-refractivity contribution < 1.29 is 4.79 Å². The maximum atomic E-state index is 11.1. The van der Waals surface area contributed by atoms with Crippen molar-refractivity contribution in [3.8, 4) is 0 Å². The normalized spacial score (nSPS) is 16.1. The predicted molar refractivity (Wildman–Crippen MR) is 48.9 cm³/mol. The van der Waals surface area contributed by atoms with Crippen LogP contribution in [0.5, 0.6) is 0 Å². The molecule has 0 bridgehead atoms. The van der Waals surface area contributed by atoms with E-state index in [4.69, 9.17) is 0 Å². The number of carbonyl (C=O) groups is 1. The van der Waals surface area contributed by atoms with Crippen LogP contribution >= 0.6 is 0 Å². The molecule has 0 saturated heterocycles. The number of hydrogen-bond donors (Lipinski definition) is 2. The molecule has 1 amide bonds. The fourth-order valence-corrected chi connectivity index (χ4v) is 0.992. The zero-order chi connectivity index (χ0) is 8.81. The minimum absolute atomic E-state index is 0.135. The molecule has 1 fully saturated rings. The Hall–Kier alpha value is -0.570. The third-order valence-electron chi connectivity index (χ3n) is 1.98. The topological polar surface area (TPSA) is 41.1 Å². The van der Waals surface area contributed by atoms with Crippen LogP contribution in [0.1, 0.15) is 32.6 Å². The van der Waals surface area contributed by atoms with Crippen molar-refractivity contribution in [3.63, 3.8) is 0 Å². The number of nitrogens with one attached hydrogen (secondary N) is 2. The molecule has 0 atom stereocenters. The Labute approximate surface area is 73.9 Å². The number of amides is 1. The molecule has 0 aromatic heterocycles. The average molecular weight is 170 g/mol. The van der Waals surface area contributed by atoms with E-state index in [1.54, 1.807) is 0 Å². The summed E-state index contributed by atoms with van der Waals surface area (Å²) in [5, 5.41) is 6.04. The van der Waals surface area contributed by atoms with Gasteiger partial charge < -0.3 is 10.6 Å². The van der Waals surface area contributed by atoms with Gasteiger partial charge in [0.15, 0.2) is 0 Å². The van der Waals surface area contributed by atoms with Gasteiger partial charge in [0.1, 0.15) is 0 Å². The number of rotatable bonds is 6. The van der Waals surface area contributed by atoms with E-state index in [2.05, 4.69) is 17.6 Å². The minimum atomic E-state index is 0.135. The first-order chi connectivity index (χ1) is 5.83. The highest BCUT2D eigenvalue weighted by Crippen LogP contribution is 2.17. The number of carbonyl (C=O) groups excluding carboxylic acids is 1. The summed E-state index contributed by atoms with van der Waals surface area (Å²) in [6.45, 7) is 3.44. The van der Waals surface area contributed by atoms with Crippen molar-refractivity contribution in [1.82, 2.24) is 10.6 Å². The molecule has 1 rings (SSSR count). The standard InChI is InChI=1S/C9H18N2O/c1-2-3-6-10-9(12)7-11-8-4-5-8/h8,11H,2-7H2,1H3,(H,10,12). The molecule has 0 aromatic carbocycles. The van der Waals surface area contributed by atoms with E-state index in [-0.39, 0.29) is 5.91 Å². The van der Waals surface area contributed by atoms with E-state index in [0.717, 1.165) is 19.4 Å². The fourth-order valence-electron chi connectivity index (χ4n) is 0.992. The SMILES string of the molecule is CCCCNC(=O)CNC1CC1. The second kappa shape index (κ2) is 5.14. The van der Waals surface area contributed by atoms with E-state index in [9.17, 15) is 4.79 Å². The van der Waals surface area contributed by atoms with Crippen LogP contribution < -0.4 is 10.6 Å². The summed E-state index contributed by atoms with van der Waals surface area (Å²) in [5.41, 5.74) is 0. The molecule has 3 nitrogen and oxygen atoms in total. The molecule has 1 aliphatic rings. The zero-order valence-electron chi connectivity index (χ0n) is 7.73. The van der Waals surface area contributed by atoms with E-state index in [1.807, 2.05) is 0 Å².